The molecule has 10 heteroatoms. The van der Waals surface area contributed by atoms with Crippen molar-refractivity contribution in [1.82, 2.24) is 0 Å². The Kier molecular flexibility index (Phi) is 7.08. The predicted octanol–water partition coefficient (Wildman–Crippen LogP) is 5.20. The number of nitrogens with one attached hydrogen (secondary N) is 1. The van der Waals surface area contributed by atoms with Gasteiger partial charge < -0.3 is 5.32 Å². The number of halogens is 4. The Hall–Kier alpha value is -2.26. The number of aryl methyl sites for hydroxylation is 1. The average molecular weight is 463 g/mol. The lowest BCUT2D eigenvalue weighted by Gasteiger charge is -2.24. The summed E-state index contributed by atoms with van der Waals surface area (Å²) in [5, 5.41) is 2.46. The summed E-state index contributed by atoms with van der Waals surface area (Å²) in [6.07, 6.45) is -3.90. The maximum absolute atomic E-state index is 13.1. The second-order valence-electron chi connectivity index (χ2n) is 7.18. The predicted molar refractivity (Wildman–Crippen MR) is 113 cm³/mol. The van der Waals surface area contributed by atoms with Gasteiger partial charge in [-0.3, -0.25) is 9.10 Å². The number of benzene rings is 2. The zero-order valence-corrected chi connectivity index (χ0v) is 18.4. The van der Waals surface area contributed by atoms with Gasteiger partial charge in [-0.2, -0.15) is 13.2 Å². The molecule has 0 atom stereocenters. The highest BCUT2D eigenvalue weighted by Crippen LogP contribution is 2.36. The molecule has 0 aliphatic heterocycles. The minimum atomic E-state index is -4.70. The van der Waals surface area contributed by atoms with Crippen molar-refractivity contribution in [2.45, 2.75) is 32.9 Å². The third-order valence-electron chi connectivity index (χ3n) is 4.42. The molecule has 2 rings (SSSR count). The van der Waals surface area contributed by atoms with Gasteiger partial charge in [0, 0.05) is 5.69 Å². The van der Waals surface area contributed by atoms with Crippen LogP contribution in [-0.2, 0) is 21.0 Å². The normalized spacial score (nSPS) is 12.2. The van der Waals surface area contributed by atoms with Crippen molar-refractivity contribution in [3.63, 3.8) is 0 Å². The van der Waals surface area contributed by atoms with Crippen LogP contribution in [0.15, 0.2) is 36.4 Å². The van der Waals surface area contributed by atoms with E-state index in [0.717, 1.165) is 29.5 Å². The van der Waals surface area contributed by atoms with Crippen molar-refractivity contribution in [3.8, 4) is 0 Å². The first-order valence-corrected chi connectivity index (χ1v) is 11.2. The van der Waals surface area contributed by atoms with Gasteiger partial charge in [0.15, 0.2) is 0 Å². The molecule has 0 aliphatic rings. The Bertz CT molecular complexity index is 1050. The monoisotopic (exact) mass is 462 g/mol. The number of carbonyl (C=O) groups excluding carboxylic acids is 1. The quantitative estimate of drug-likeness (QED) is 0.642. The molecule has 0 saturated carbocycles. The molecule has 0 bridgehead atoms. The highest BCUT2D eigenvalue weighted by molar-refractivity contribution is 7.92. The molecule has 0 aromatic heterocycles. The van der Waals surface area contributed by atoms with Gasteiger partial charge in [0.1, 0.15) is 6.54 Å². The Balaban J connectivity index is 2.42. The Labute approximate surface area is 178 Å². The largest absolute Gasteiger partial charge is 0.416 e. The zero-order chi connectivity index (χ0) is 22.9. The summed E-state index contributed by atoms with van der Waals surface area (Å²) >= 11 is 5.98. The van der Waals surface area contributed by atoms with Crippen LogP contribution in [0, 0.1) is 6.92 Å². The number of amides is 1. The van der Waals surface area contributed by atoms with Crippen molar-refractivity contribution in [1.29, 1.82) is 0 Å². The molecule has 1 N–H and O–H groups in total. The van der Waals surface area contributed by atoms with Gasteiger partial charge in [0.2, 0.25) is 15.9 Å². The number of hydrogen-bond donors (Lipinski definition) is 1. The summed E-state index contributed by atoms with van der Waals surface area (Å²) in [6, 6.07) is 7.78. The topological polar surface area (TPSA) is 66.5 Å². The first kappa shape index (κ1) is 24.0. The van der Waals surface area contributed by atoms with Crippen LogP contribution in [0.4, 0.5) is 24.5 Å². The molecule has 0 saturated heterocycles. The van der Waals surface area contributed by atoms with E-state index < -0.39 is 39.9 Å². The maximum atomic E-state index is 13.1. The lowest BCUT2D eigenvalue weighted by molar-refractivity contribution is -0.137. The summed E-state index contributed by atoms with van der Waals surface area (Å²) in [5.41, 5.74) is 0.681. The summed E-state index contributed by atoms with van der Waals surface area (Å²) in [5.74, 6) is -0.616. The lowest BCUT2D eigenvalue weighted by Crippen LogP contribution is -2.38. The lowest BCUT2D eigenvalue weighted by atomic mass is 9.98. The smallest absolute Gasteiger partial charge is 0.324 e. The van der Waals surface area contributed by atoms with E-state index in [4.69, 9.17) is 11.6 Å². The van der Waals surface area contributed by atoms with E-state index in [2.05, 4.69) is 5.32 Å². The van der Waals surface area contributed by atoms with Gasteiger partial charge in [0.25, 0.3) is 0 Å². The molecule has 30 heavy (non-hydrogen) atoms. The number of alkyl halides is 3. The molecule has 5 nitrogen and oxygen atoms in total. The highest BCUT2D eigenvalue weighted by atomic mass is 35.5. The summed E-state index contributed by atoms with van der Waals surface area (Å²) in [4.78, 5) is 12.7. The molecule has 0 aliphatic carbocycles. The average Bonchev–Trinajstić information content (AvgIpc) is 2.60. The maximum Gasteiger partial charge on any atom is 0.416 e. The number of sulfonamides is 1. The Morgan fingerprint density at radius 3 is 2.37 bits per heavy atom. The van der Waals surface area contributed by atoms with Gasteiger partial charge in [0.05, 0.1) is 22.5 Å². The fourth-order valence-electron chi connectivity index (χ4n) is 2.91. The van der Waals surface area contributed by atoms with E-state index in [1.54, 1.807) is 13.0 Å². The molecule has 0 spiro atoms. The fraction of sp³-hybridized carbons (Fsp3) is 0.350. The van der Waals surface area contributed by atoms with E-state index >= 15 is 0 Å². The van der Waals surface area contributed by atoms with Gasteiger partial charge in [-0.05, 0) is 42.2 Å². The van der Waals surface area contributed by atoms with E-state index in [1.807, 2.05) is 26.0 Å². The van der Waals surface area contributed by atoms with E-state index in [9.17, 15) is 26.4 Å². The van der Waals surface area contributed by atoms with Crippen LogP contribution in [0.5, 0.6) is 0 Å². The van der Waals surface area contributed by atoms with Crippen LogP contribution in [-0.4, -0.2) is 27.1 Å². The van der Waals surface area contributed by atoms with Gasteiger partial charge in [-0.15, -0.1) is 0 Å². The van der Waals surface area contributed by atoms with Crippen LogP contribution in [0.2, 0.25) is 5.02 Å². The van der Waals surface area contributed by atoms with Crippen LogP contribution in [0.1, 0.15) is 36.5 Å². The number of anilines is 2. The first-order valence-electron chi connectivity index (χ1n) is 8.95. The Morgan fingerprint density at radius 2 is 1.83 bits per heavy atom. The third-order valence-corrected chi connectivity index (χ3v) is 5.87. The number of hydrogen-bond acceptors (Lipinski definition) is 3. The molecule has 0 unspecified atom stereocenters. The van der Waals surface area contributed by atoms with Crippen LogP contribution < -0.4 is 9.62 Å². The second-order valence-corrected chi connectivity index (χ2v) is 9.49. The first-order chi connectivity index (χ1) is 13.7. The number of nitrogens with zero attached hydrogens (tertiary/aromatic N) is 1. The molecule has 2 aromatic rings. The number of rotatable bonds is 6. The molecule has 164 valence electrons. The van der Waals surface area contributed by atoms with E-state index in [1.165, 1.54) is 0 Å². The zero-order valence-electron chi connectivity index (χ0n) is 16.8. The van der Waals surface area contributed by atoms with Crippen LogP contribution >= 0.6 is 11.6 Å². The number of para-hydroxylation sites is 1. The molecule has 0 radical (unpaired) electrons. The SMILES string of the molecule is Cc1cccc(C(C)C)c1NC(=O)CN(c1cc(C(F)(F)F)ccc1Cl)S(C)(=O)=O. The third kappa shape index (κ3) is 5.66. The summed E-state index contributed by atoms with van der Waals surface area (Å²) in [7, 11) is -4.11. The number of carbonyl (C=O) groups is 1. The summed E-state index contributed by atoms with van der Waals surface area (Å²) in [6.45, 7) is 4.94. The fourth-order valence-corrected chi connectivity index (χ4v) is 4.04. The molecule has 0 fully saturated rings. The van der Waals surface area contributed by atoms with E-state index in [0.29, 0.717) is 16.1 Å². The molecule has 0 heterocycles. The standard InChI is InChI=1S/C20H22ClF3N2O3S/c1-12(2)15-7-5-6-13(3)19(15)25-18(27)11-26(30(4,28)29)17-10-14(20(22,23)24)8-9-16(17)21/h5-10,12H,11H2,1-4H3,(H,25,27). The van der Waals surface area contributed by atoms with Crippen molar-refractivity contribution < 1.29 is 26.4 Å². The van der Waals surface area contributed by atoms with E-state index in [-0.39, 0.29) is 10.9 Å². The summed E-state index contributed by atoms with van der Waals surface area (Å²) < 4.78 is 64.4. The van der Waals surface area contributed by atoms with Crippen molar-refractivity contribution in [2.24, 2.45) is 0 Å². The highest BCUT2D eigenvalue weighted by Gasteiger charge is 2.33. The van der Waals surface area contributed by atoms with Crippen LogP contribution in [0.3, 0.4) is 0 Å². The van der Waals surface area contributed by atoms with Crippen LogP contribution in [0.25, 0.3) is 0 Å². The van der Waals surface area contributed by atoms with Crippen molar-refractivity contribution >= 4 is 38.9 Å². The van der Waals surface area contributed by atoms with Crippen molar-refractivity contribution in [3.05, 3.63) is 58.1 Å². The van der Waals surface area contributed by atoms with Gasteiger partial charge >= 0.3 is 6.18 Å². The second kappa shape index (κ2) is 8.85. The van der Waals surface area contributed by atoms with Crippen molar-refractivity contribution in [2.75, 3.05) is 22.4 Å². The Morgan fingerprint density at radius 1 is 1.20 bits per heavy atom. The molecule has 2 aromatic carbocycles. The van der Waals surface area contributed by atoms with Gasteiger partial charge in [-0.25, -0.2) is 8.42 Å². The molecular weight excluding hydrogens is 441 g/mol. The molecular formula is C20H22ClF3N2O3S. The minimum Gasteiger partial charge on any atom is -0.324 e. The van der Waals surface area contributed by atoms with Gasteiger partial charge in [-0.1, -0.05) is 43.6 Å². The molecule has 1 amide bonds. The minimum absolute atomic E-state index is 0.0872.